The van der Waals surface area contributed by atoms with E-state index in [2.05, 4.69) is 0 Å². The Balaban J connectivity index is 4.06. The van der Waals surface area contributed by atoms with Gasteiger partial charge in [-0.3, -0.25) is 9.59 Å². The topological polar surface area (TPSA) is 57.6 Å². The summed E-state index contributed by atoms with van der Waals surface area (Å²) in [5, 5.41) is 8.28. The normalized spacial score (nSPS) is 11.2. The van der Waals surface area contributed by atoms with E-state index < -0.39 is 24.6 Å². The van der Waals surface area contributed by atoms with Crippen LogP contribution in [0.3, 0.4) is 0 Å². The van der Waals surface area contributed by atoms with Crippen LogP contribution < -0.4 is 0 Å². The lowest BCUT2D eigenvalue weighted by atomic mass is 10.4. The van der Waals surface area contributed by atoms with Crippen LogP contribution >= 0.6 is 11.8 Å². The van der Waals surface area contributed by atoms with Gasteiger partial charge in [0.1, 0.15) is 6.54 Å². The third kappa shape index (κ3) is 7.38. The molecule has 0 aromatic rings. The van der Waals surface area contributed by atoms with Crippen molar-refractivity contribution in [1.82, 2.24) is 4.90 Å². The van der Waals surface area contributed by atoms with Crippen LogP contribution in [0.25, 0.3) is 0 Å². The molecule has 0 saturated heterocycles. The van der Waals surface area contributed by atoms with Crippen LogP contribution in [-0.2, 0) is 9.59 Å². The third-order valence-electron chi connectivity index (χ3n) is 1.56. The zero-order chi connectivity index (χ0) is 12.8. The summed E-state index contributed by atoms with van der Waals surface area (Å²) in [5.74, 6) is -2.35. The molecule has 0 atom stereocenters. The van der Waals surface area contributed by atoms with Crippen LogP contribution in [0.15, 0.2) is 0 Å². The number of carboxylic acid groups (broad SMARTS) is 1. The number of thioether (sulfide) groups is 1. The second kappa shape index (κ2) is 6.62. The third-order valence-corrected chi connectivity index (χ3v) is 2.46. The Bertz CT molecular complexity index is 257. The maximum atomic E-state index is 12.0. The molecule has 0 bridgehead atoms. The largest absolute Gasteiger partial charge is 0.481 e. The van der Waals surface area contributed by atoms with Crippen molar-refractivity contribution in [3.8, 4) is 0 Å². The number of hydrogen-bond donors (Lipinski definition) is 1. The summed E-state index contributed by atoms with van der Waals surface area (Å²) in [6.07, 6.45) is -4.43. The summed E-state index contributed by atoms with van der Waals surface area (Å²) < 4.78 is 36.0. The van der Waals surface area contributed by atoms with Crippen molar-refractivity contribution in [3.05, 3.63) is 0 Å². The Hall–Kier alpha value is -0.920. The van der Waals surface area contributed by atoms with Gasteiger partial charge < -0.3 is 10.0 Å². The molecular formula is C8H12F3NO3S. The molecule has 0 saturated carbocycles. The van der Waals surface area contributed by atoms with Crippen LogP contribution in [0.1, 0.15) is 6.92 Å². The molecule has 0 spiro atoms. The minimum Gasteiger partial charge on any atom is -0.481 e. The van der Waals surface area contributed by atoms with E-state index in [0.29, 0.717) is 4.90 Å². The highest BCUT2D eigenvalue weighted by molar-refractivity contribution is 8.00. The van der Waals surface area contributed by atoms with Gasteiger partial charge in [-0.1, -0.05) is 0 Å². The molecule has 0 aliphatic carbocycles. The Morgan fingerprint density at radius 3 is 2.25 bits per heavy atom. The van der Waals surface area contributed by atoms with E-state index >= 15 is 0 Å². The molecule has 16 heavy (non-hydrogen) atoms. The molecule has 0 aromatic carbocycles. The number of nitrogens with zero attached hydrogens (tertiary/aromatic N) is 1. The van der Waals surface area contributed by atoms with Crippen molar-refractivity contribution in [2.24, 2.45) is 0 Å². The Labute approximate surface area is 94.8 Å². The molecule has 0 radical (unpaired) electrons. The lowest BCUT2D eigenvalue weighted by Gasteiger charge is -2.21. The molecule has 1 N–H and O–H groups in total. The number of amides is 1. The van der Waals surface area contributed by atoms with Gasteiger partial charge in [0.15, 0.2) is 0 Å². The molecule has 0 fully saturated rings. The van der Waals surface area contributed by atoms with Crippen LogP contribution in [0.5, 0.6) is 0 Å². The monoisotopic (exact) mass is 259 g/mol. The molecule has 0 heterocycles. The SMILES string of the molecule is CCN(CC(F)(F)F)C(=O)CSCC(=O)O. The molecule has 0 aliphatic heterocycles. The van der Waals surface area contributed by atoms with Gasteiger partial charge in [-0.25, -0.2) is 0 Å². The first-order chi connectivity index (χ1) is 7.26. The fourth-order valence-corrected chi connectivity index (χ4v) is 1.54. The van der Waals surface area contributed by atoms with Gasteiger partial charge in [-0.15, -0.1) is 11.8 Å². The van der Waals surface area contributed by atoms with Crippen LogP contribution in [-0.4, -0.2) is 52.7 Å². The highest BCUT2D eigenvalue weighted by Crippen LogP contribution is 2.17. The second-order valence-electron chi connectivity index (χ2n) is 2.91. The maximum absolute atomic E-state index is 12.0. The molecule has 0 aromatic heterocycles. The fraction of sp³-hybridized carbons (Fsp3) is 0.750. The smallest absolute Gasteiger partial charge is 0.406 e. The van der Waals surface area contributed by atoms with Gasteiger partial charge in [0.2, 0.25) is 5.91 Å². The predicted octanol–water partition coefficient (Wildman–Crippen LogP) is 1.22. The zero-order valence-electron chi connectivity index (χ0n) is 8.58. The Kier molecular flexibility index (Phi) is 6.24. The number of rotatable bonds is 6. The summed E-state index contributed by atoms with van der Waals surface area (Å²) in [5.41, 5.74) is 0. The minimum atomic E-state index is -4.43. The van der Waals surface area contributed by atoms with Gasteiger partial charge >= 0.3 is 12.1 Å². The summed E-state index contributed by atoms with van der Waals surface area (Å²) in [4.78, 5) is 22.0. The van der Waals surface area contributed by atoms with Crippen molar-refractivity contribution in [3.63, 3.8) is 0 Å². The number of aliphatic carboxylic acids is 1. The van der Waals surface area contributed by atoms with Gasteiger partial charge in [0.25, 0.3) is 0 Å². The predicted molar refractivity (Wildman–Crippen MR) is 53.3 cm³/mol. The summed E-state index contributed by atoms with van der Waals surface area (Å²) in [7, 11) is 0. The average molecular weight is 259 g/mol. The van der Waals surface area contributed by atoms with E-state index in [9.17, 15) is 22.8 Å². The number of carboxylic acids is 1. The molecule has 1 amide bonds. The van der Waals surface area contributed by atoms with Crippen LogP contribution in [0, 0.1) is 0 Å². The number of alkyl halides is 3. The van der Waals surface area contributed by atoms with Gasteiger partial charge in [0, 0.05) is 6.54 Å². The summed E-state index contributed by atoms with van der Waals surface area (Å²) in [6, 6.07) is 0. The zero-order valence-corrected chi connectivity index (χ0v) is 9.40. The number of halogens is 3. The lowest BCUT2D eigenvalue weighted by molar-refractivity contribution is -0.159. The molecule has 4 nitrogen and oxygen atoms in total. The lowest BCUT2D eigenvalue weighted by Crippen LogP contribution is -2.39. The number of carbonyl (C=O) groups is 2. The van der Waals surface area contributed by atoms with E-state index in [1.165, 1.54) is 6.92 Å². The highest BCUT2D eigenvalue weighted by Gasteiger charge is 2.32. The minimum absolute atomic E-state index is 0.0496. The standard InChI is InChI=1S/C8H12F3NO3S/c1-2-12(5-8(9,10)11)6(13)3-16-4-7(14)15/h2-5H2,1H3,(H,14,15). The second-order valence-corrected chi connectivity index (χ2v) is 3.90. The van der Waals surface area contributed by atoms with E-state index in [0.717, 1.165) is 11.8 Å². The van der Waals surface area contributed by atoms with Crippen LogP contribution in [0.2, 0.25) is 0 Å². The van der Waals surface area contributed by atoms with E-state index in [1.807, 2.05) is 0 Å². The number of hydrogen-bond acceptors (Lipinski definition) is 3. The quantitative estimate of drug-likeness (QED) is 0.779. The van der Waals surface area contributed by atoms with E-state index in [4.69, 9.17) is 5.11 Å². The van der Waals surface area contributed by atoms with Crippen molar-refractivity contribution in [2.45, 2.75) is 13.1 Å². The number of carbonyl (C=O) groups excluding carboxylic acids is 1. The molecule has 94 valence electrons. The first-order valence-corrected chi connectivity index (χ1v) is 5.55. The average Bonchev–Trinajstić information content (AvgIpc) is 2.11. The van der Waals surface area contributed by atoms with Crippen molar-refractivity contribution >= 4 is 23.6 Å². The molecule has 0 aliphatic rings. The van der Waals surface area contributed by atoms with Gasteiger partial charge in [0.05, 0.1) is 11.5 Å². The Morgan fingerprint density at radius 1 is 1.31 bits per heavy atom. The first-order valence-electron chi connectivity index (χ1n) is 4.40. The van der Waals surface area contributed by atoms with E-state index in [-0.39, 0.29) is 18.1 Å². The van der Waals surface area contributed by atoms with Crippen LogP contribution in [0.4, 0.5) is 13.2 Å². The summed E-state index contributed by atoms with van der Waals surface area (Å²) >= 11 is 0.781. The van der Waals surface area contributed by atoms with Crippen molar-refractivity contribution < 1.29 is 27.9 Å². The molecule has 0 unspecified atom stereocenters. The maximum Gasteiger partial charge on any atom is 0.406 e. The van der Waals surface area contributed by atoms with Gasteiger partial charge in [-0.2, -0.15) is 13.2 Å². The van der Waals surface area contributed by atoms with Crippen molar-refractivity contribution in [1.29, 1.82) is 0 Å². The molecular weight excluding hydrogens is 247 g/mol. The van der Waals surface area contributed by atoms with E-state index in [1.54, 1.807) is 0 Å². The fourth-order valence-electron chi connectivity index (χ4n) is 0.910. The van der Waals surface area contributed by atoms with Crippen molar-refractivity contribution in [2.75, 3.05) is 24.6 Å². The van der Waals surface area contributed by atoms with Gasteiger partial charge in [-0.05, 0) is 6.92 Å². The Morgan fingerprint density at radius 2 is 1.88 bits per heavy atom. The highest BCUT2D eigenvalue weighted by atomic mass is 32.2. The molecule has 8 heteroatoms. The summed E-state index contributed by atoms with van der Waals surface area (Å²) in [6.45, 7) is 0.0907. The first kappa shape index (κ1) is 15.1. The molecule has 0 rings (SSSR count).